The highest BCUT2D eigenvalue weighted by molar-refractivity contribution is 5.37. The molecule has 0 bridgehead atoms. The summed E-state index contributed by atoms with van der Waals surface area (Å²) in [5, 5.41) is 0. The van der Waals surface area contributed by atoms with E-state index >= 15 is 0 Å². The van der Waals surface area contributed by atoms with Gasteiger partial charge >= 0.3 is 0 Å². The van der Waals surface area contributed by atoms with Crippen LogP contribution in [0.15, 0.2) is 18.2 Å². The predicted molar refractivity (Wildman–Crippen MR) is 78.3 cm³/mol. The normalized spacial score (nSPS) is 30.6. The van der Waals surface area contributed by atoms with E-state index in [2.05, 4.69) is 25.1 Å². The average Bonchev–Trinajstić information content (AvgIpc) is 3.13. The molecule has 3 rings (SSSR count). The molecule has 2 saturated carbocycles. The van der Waals surface area contributed by atoms with Crippen molar-refractivity contribution < 1.29 is 4.74 Å². The van der Waals surface area contributed by atoms with E-state index in [0.29, 0.717) is 6.04 Å². The molecule has 1 aromatic rings. The first-order valence-corrected chi connectivity index (χ1v) is 7.60. The maximum absolute atomic E-state index is 6.49. The summed E-state index contributed by atoms with van der Waals surface area (Å²) < 4.78 is 5.46. The molecule has 0 spiro atoms. The van der Waals surface area contributed by atoms with Gasteiger partial charge in [0.2, 0.25) is 0 Å². The van der Waals surface area contributed by atoms with E-state index in [4.69, 9.17) is 10.5 Å². The molecule has 104 valence electrons. The lowest BCUT2D eigenvalue weighted by molar-refractivity contribution is 0.405. The van der Waals surface area contributed by atoms with Gasteiger partial charge in [-0.15, -0.1) is 0 Å². The van der Waals surface area contributed by atoms with E-state index < -0.39 is 0 Å². The van der Waals surface area contributed by atoms with Crippen molar-refractivity contribution in [3.63, 3.8) is 0 Å². The van der Waals surface area contributed by atoms with Crippen molar-refractivity contribution in [2.24, 2.45) is 23.5 Å². The summed E-state index contributed by atoms with van der Waals surface area (Å²) in [7, 11) is 1.75. The number of ether oxygens (including phenoxy) is 1. The van der Waals surface area contributed by atoms with Crippen molar-refractivity contribution >= 4 is 0 Å². The van der Waals surface area contributed by atoms with Gasteiger partial charge in [0, 0.05) is 6.04 Å². The van der Waals surface area contributed by atoms with Crippen LogP contribution in [0.3, 0.4) is 0 Å². The molecule has 2 heteroatoms. The summed E-state index contributed by atoms with van der Waals surface area (Å²) in [6.45, 7) is 2.13. The second-order valence-electron chi connectivity index (χ2n) is 6.37. The SMILES string of the molecule is COc1ccc(C)cc1CC(N)C1C2CCCCC21. The Bertz CT molecular complexity index is 445. The van der Waals surface area contributed by atoms with Gasteiger partial charge in [-0.05, 0) is 55.6 Å². The summed E-state index contributed by atoms with van der Waals surface area (Å²) in [5.41, 5.74) is 9.05. The van der Waals surface area contributed by atoms with Crippen LogP contribution in [-0.2, 0) is 6.42 Å². The Morgan fingerprint density at radius 1 is 1.26 bits per heavy atom. The first-order chi connectivity index (χ1) is 9.20. The second kappa shape index (κ2) is 5.16. The summed E-state index contributed by atoms with van der Waals surface area (Å²) in [5.74, 6) is 3.62. The van der Waals surface area contributed by atoms with Crippen molar-refractivity contribution in [2.75, 3.05) is 7.11 Å². The van der Waals surface area contributed by atoms with E-state index in [1.807, 2.05) is 0 Å². The Kier molecular flexibility index (Phi) is 3.53. The van der Waals surface area contributed by atoms with Crippen LogP contribution in [0.4, 0.5) is 0 Å². The van der Waals surface area contributed by atoms with Crippen LogP contribution in [0.1, 0.15) is 36.8 Å². The van der Waals surface area contributed by atoms with Gasteiger partial charge in [0.1, 0.15) is 5.75 Å². The quantitative estimate of drug-likeness (QED) is 0.900. The number of methoxy groups -OCH3 is 1. The molecule has 0 saturated heterocycles. The Morgan fingerprint density at radius 3 is 2.58 bits per heavy atom. The highest BCUT2D eigenvalue weighted by atomic mass is 16.5. The molecule has 2 fully saturated rings. The zero-order valence-corrected chi connectivity index (χ0v) is 12.1. The molecular weight excluding hydrogens is 234 g/mol. The largest absolute Gasteiger partial charge is 0.496 e. The summed E-state index contributed by atoms with van der Waals surface area (Å²) in [4.78, 5) is 0. The third kappa shape index (κ3) is 2.51. The van der Waals surface area contributed by atoms with Gasteiger partial charge in [-0.2, -0.15) is 0 Å². The van der Waals surface area contributed by atoms with E-state index in [1.165, 1.54) is 36.8 Å². The highest BCUT2D eigenvalue weighted by Crippen LogP contribution is 2.57. The van der Waals surface area contributed by atoms with Gasteiger partial charge in [0.05, 0.1) is 7.11 Å². The minimum atomic E-state index is 0.309. The topological polar surface area (TPSA) is 35.2 Å². The minimum Gasteiger partial charge on any atom is -0.496 e. The number of fused-ring (bicyclic) bond motifs is 1. The molecule has 3 unspecified atom stereocenters. The summed E-state index contributed by atoms with van der Waals surface area (Å²) in [6.07, 6.45) is 6.61. The lowest BCUT2D eigenvalue weighted by Crippen LogP contribution is -2.27. The molecular formula is C17H25NO. The molecule has 2 nitrogen and oxygen atoms in total. The summed E-state index contributed by atoms with van der Waals surface area (Å²) >= 11 is 0. The molecule has 3 atom stereocenters. The smallest absolute Gasteiger partial charge is 0.122 e. The lowest BCUT2D eigenvalue weighted by atomic mass is 9.98. The van der Waals surface area contributed by atoms with Crippen LogP contribution >= 0.6 is 0 Å². The molecule has 0 radical (unpaired) electrons. The van der Waals surface area contributed by atoms with Gasteiger partial charge in [-0.25, -0.2) is 0 Å². The zero-order chi connectivity index (χ0) is 13.4. The molecule has 19 heavy (non-hydrogen) atoms. The molecule has 0 aromatic heterocycles. The molecule has 2 aliphatic carbocycles. The van der Waals surface area contributed by atoms with Crippen LogP contribution in [0, 0.1) is 24.7 Å². The van der Waals surface area contributed by atoms with Gasteiger partial charge in [0.15, 0.2) is 0 Å². The Labute approximate surface area is 116 Å². The van der Waals surface area contributed by atoms with Crippen molar-refractivity contribution in [1.82, 2.24) is 0 Å². The van der Waals surface area contributed by atoms with Crippen LogP contribution < -0.4 is 10.5 Å². The average molecular weight is 259 g/mol. The zero-order valence-electron chi connectivity index (χ0n) is 12.1. The lowest BCUT2D eigenvalue weighted by Gasteiger charge is -2.15. The highest BCUT2D eigenvalue weighted by Gasteiger charge is 2.52. The van der Waals surface area contributed by atoms with E-state index in [9.17, 15) is 0 Å². The maximum atomic E-state index is 6.49. The second-order valence-corrected chi connectivity index (χ2v) is 6.37. The van der Waals surface area contributed by atoms with Gasteiger partial charge in [-0.3, -0.25) is 0 Å². The number of nitrogens with two attached hydrogens (primary N) is 1. The predicted octanol–water partition coefficient (Wildman–Crippen LogP) is 3.31. The molecule has 1 aromatic carbocycles. The fraction of sp³-hybridized carbons (Fsp3) is 0.647. The van der Waals surface area contributed by atoms with Gasteiger partial charge in [0.25, 0.3) is 0 Å². The van der Waals surface area contributed by atoms with Crippen LogP contribution in [-0.4, -0.2) is 13.2 Å². The van der Waals surface area contributed by atoms with Crippen molar-refractivity contribution in [1.29, 1.82) is 0 Å². The fourth-order valence-corrected chi connectivity index (χ4v) is 4.14. The molecule has 0 amide bonds. The Morgan fingerprint density at radius 2 is 1.95 bits per heavy atom. The third-order valence-corrected chi connectivity index (χ3v) is 5.11. The van der Waals surface area contributed by atoms with Gasteiger partial charge in [-0.1, -0.05) is 30.5 Å². The number of aryl methyl sites for hydroxylation is 1. The number of hydrogen-bond donors (Lipinski definition) is 1. The molecule has 0 heterocycles. The van der Waals surface area contributed by atoms with Crippen molar-refractivity contribution in [3.05, 3.63) is 29.3 Å². The van der Waals surface area contributed by atoms with Crippen LogP contribution in [0.25, 0.3) is 0 Å². The number of rotatable bonds is 4. The van der Waals surface area contributed by atoms with Gasteiger partial charge < -0.3 is 10.5 Å². The maximum Gasteiger partial charge on any atom is 0.122 e. The van der Waals surface area contributed by atoms with E-state index in [-0.39, 0.29) is 0 Å². The van der Waals surface area contributed by atoms with Crippen molar-refractivity contribution in [2.45, 2.75) is 45.1 Å². The summed E-state index contributed by atoms with van der Waals surface area (Å²) in [6, 6.07) is 6.70. The first kappa shape index (κ1) is 13.0. The Hall–Kier alpha value is -1.02. The molecule has 2 aliphatic rings. The van der Waals surface area contributed by atoms with E-state index in [0.717, 1.165) is 29.9 Å². The molecule has 2 N–H and O–H groups in total. The Balaban J connectivity index is 1.69. The number of hydrogen-bond acceptors (Lipinski definition) is 2. The first-order valence-electron chi connectivity index (χ1n) is 7.60. The van der Waals surface area contributed by atoms with Crippen molar-refractivity contribution in [3.8, 4) is 5.75 Å². The third-order valence-electron chi connectivity index (χ3n) is 5.11. The van der Waals surface area contributed by atoms with E-state index in [1.54, 1.807) is 7.11 Å². The fourth-order valence-electron chi connectivity index (χ4n) is 4.14. The van der Waals surface area contributed by atoms with Crippen LogP contribution in [0.5, 0.6) is 5.75 Å². The number of benzene rings is 1. The standard InChI is InChI=1S/C17H25NO/c1-11-7-8-16(19-2)12(9-11)10-15(18)17-13-5-3-4-6-14(13)17/h7-9,13-15,17H,3-6,10,18H2,1-2H3. The molecule has 0 aliphatic heterocycles. The minimum absolute atomic E-state index is 0.309. The van der Waals surface area contributed by atoms with Crippen LogP contribution in [0.2, 0.25) is 0 Å². The monoisotopic (exact) mass is 259 g/mol.